The minimum atomic E-state index is -4.81. The van der Waals surface area contributed by atoms with E-state index in [-0.39, 0.29) is 16.2 Å². The minimum absolute atomic E-state index is 0.0888. The van der Waals surface area contributed by atoms with Gasteiger partial charge in [0.1, 0.15) is 5.75 Å². The number of halogens is 3. The maximum absolute atomic E-state index is 12.4. The Hall–Kier alpha value is -2.33. The zero-order valence-electron chi connectivity index (χ0n) is 13.6. The summed E-state index contributed by atoms with van der Waals surface area (Å²) in [5.41, 5.74) is 0.719. The van der Waals surface area contributed by atoms with Crippen LogP contribution in [0.1, 0.15) is 5.69 Å². The van der Waals surface area contributed by atoms with Crippen LogP contribution in [0.4, 0.5) is 13.2 Å². The molecule has 2 saturated heterocycles. The Morgan fingerprint density at radius 1 is 1.27 bits per heavy atom. The van der Waals surface area contributed by atoms with Crippen molar-refractivity contribution in [3.8, 4) is 17.0 Å². The van der Waals surface area contributed by atoms with Crippen molar-refractivity contribution in [1.82, 2.24) is 10.1 Å². The maximum atomic E-state index is 12.4. The van der Waals surface area contributed by atoms with Crippen LogP contribution in [0.2, 0.25) is 0 Å². The molecule has 2 aliphatic heterocycles. The zero-order valence-corrected chi connectivity index (χ0v) is 13.6. The van der Waals surface area contributed by atoms with Crippen LogP contribution in [0.3, 0.4) is 0 Å². The molecule has 1 aromatic heterocycles. The van der Waals surface area contributed by atoms with Gasteiger partial charge >= 0.3 is 6.36 Å². The van der Waals surface area contributed by atoms with Crippen LogP contribution < -0.4 is 9.64 Å². The third-order valence-electron chi connectivity index (χ3n) is 4.71. The van der Waals surface area contributed by atoms with Gasteiger partial charge in [0.25, 0.3) is 0 Å². The lowest BCUT2D eigenvalue weighted by Crippen LogP contribution is -2.27. The van der Waals surface area contributed by atoms with Crippen LogP contribution in [0.5, 0.6) is 5.75 Å². The lowest BCUT2D eigenvalue weighted by molar-refractivity contribution is -0.793. The molecule has 0 saturated carbocycles. The average molecular weight is 371 g/mol. The molecule has 2 aliphatic rings. The Morgan fingerprint density at radius 3 is 2.69 bits per heavy atom. The van der Waals surface area contributed by atoms with Crippen molar-refractivity contribution in [2.75, 3.05) is 26.3 Å². The number of hydrogen-bond acceptors (Lipinski definition) is 6. The molecule has 140 valence electrons. The van der Waals surface area contributed by atoms with Crippen molar-refractivity contribution in [2.45, 2.75) is 12.9 Å². The number of nitrogens with zero attached hydrogens (tertiary/aromatic N) is 3. The fourth-order valence-corrected chi connectivity index (χ4v) is 3.62. The Labute approximate surface area is 146 Å². The molecule has 2 fully saturated rings. The summed E-state index contributed by atoms with van der Waals surface area (Å²) in [6.07, 6.45) is -4.81. The van der Waals surface area contributed by atoms with E-state index in [9.17, 15) is 18.4 Å². The second-order valence-corrected chi connectivity index (χ2v) is 6.55. The van der Waals surface area contributed by atoms with Gasteiger partial charge in [-0.05, 0) is 17.0 Å². The zero-order chi connectivity index (χ0) is 18.3. The molecule has 4 rings (SSSR count). The van der Waals surface area contributed by atoms with Gasteiger partial charge < -0.3 is 14.7 Å². The number of hydrogen-bond donors (Lipinski definition) is 0. The second-order valence-electron chi connectivity index (χ2n) is 6.55. The number of ether oxygens (including phenoxy) is 2. The molecule has 0 spiro atoms. The van der Waals surface area contributed by atoms with E-state index in [1.807, 2.05) is 0 Å². The summed E-state index contributed by atoms with van der Waals surface area (Å²) in [4.78, 5) is 2.36. The van der Waals surface area contributed by atoms with Gasteiger partial charge in [-0.1, -0.05) is 12.1 Å². The molecule has 10 heteroatoms. The number of benzene rings is 1. The molecule has 3 heterocycles. The smallest absolute Gasteiger partial charge is 0.406 e. The molecule has 0 amide bonds. The van der Waals surface area contributed by atoms with Gasteiger partial charge in [0, 0.05) is 35.6 Å². The number of fused-ring (bicyclic) bond motifs is 1. The summed E-state index contributed by atoms with van der Waals surface area (Å²) in [6, 6.07) is 5.20. The van der Waals surface area contributed by atoms with Crippen LogP contribution in [0.25, 0.3) is 11.3 Å². The quantitative estimate of drug-likeness (QED) is 0.765. The third kappa shape index (κ3) is 3.47. The van der Waals surface area contributed by atoms with Crippen molar-refractivity contribution in [2.24, 2.45) is 11.8 Å². The molecule has 0 unspecified atom stereocenters. The second kappa shape index (κ2) is 6.44. The van der Waals surface area contributed by atoms with Gasteiger partial charge in [0.15, 0.2) is 0 Å². The molecule has 0 radical (unpaired) electrons. The van der Waals surface area contributed by atoms with Crippen molar-refractivity contribution >= 4 is 0 Å². The highest BCUT2D eigenvalue weighted by Crippen LogP contribution is 2.32. The molecule has 2 aromatic rings. The van der Waals surface area contributed by atoms with E-state index >= 15 is 0 Å². The van der Waals surface area contributed by atoms with E-state index in [1.54, 1.807) is 0 Å². The Balaban J connectivity index is 1.56. The Morgan fingerprint density at radius 2 is 2.00 bits per heavy atom. The van der Waals surface area contributed by atoms with E-state index in [1.165, 1.54) is 18.2 Å². The van der Waals surface area contributed by atoms with Gasteiger partial charge in [-0.3, -0.25) is 9.53 Å². The van der Waals surface area contributed by atoms with Crippen LogP contribution in [0, 0.1) is 17.0 Å². The molecule has 2 atom stereocenters. The highest BCUT2D eigenvalue weighted by Gasteiger charge is 2.38. The Kier molecular flexibility index (Phi) is 4.23. The highest BCUT2D eigenvalue weighted by molar-refractivity contribution is 5.60. The molecular formula is C16H16F3N3O4. The first-order valence-electron chi connectivity index (χ1n) is 8.14. The maximum Gasteiger partial charge on any atom is 0.573 e. The van der Waals surface area contributed by atoms with E-state index in [2.05, 4.69) is 14.8 Å². The van der Waals surface area contributed by atoms with Crippen LogP contribution >= 0.6 is 0 Å². The predicted octanol–water partition coefficient (Wildman–Crippen LogP) is 1.95. The lowest BCUT2D eigenvalue weighted by atomic mass is 10.0. The van der Waals surface area contributed by atoms with Gasteiger partial charge in [-0.2, -0.15) is 0 Å². The molecule has 1 aromatic carbocycles. The number of aromatic nitrogens is 2. The van der Waals surface area contributed by atoms with Gasteiger partial charge in [-0.15, -0.1) is 13.2 Å². The number of likely N-dealkylation sites (tertiary alicyclic amines) is 1. The average Bonchev–Trinajstić information content (AvgIpc) is 3.21. The van der Waals surface area contributed by atoms with Crippen molar-refractivity contribution < 1.29 is 32.2 Å². The van der Waals surface area contributed by atoms with Gasteiger partial charge in [0.2, 0.25) is 11.4 Å². The lowest BCUT2D eigenvalue weighted by Gasteiger charge is -2.14. The summed E-state index contributed by atoms with van der Waals surface area (Å²) in [5.74, 6) is 0.525. The molecule has 0 bridgehead atoms. The van der Waals surface area contributed by atoms with E-state index in [0.29, 0.717) is 24.1 Å². The fourth-order valence-electron chi connectivity index (χ4n) is 3.62. The van der Waals surface area contributed by atoms with Crippen molar-refractivity contribution in [3.63, 3.8) is 0 Å². The minimum Gasteiger partial charge on any atom is -0.406 e. The summed E-state index contributed by atoms with van der Waals surface area (Å²) >= 11 is 0. The summed E-state index contributed by atoms with van der Waals surface area (Å²) in [6.45, 7) is 3.49. The normalized spacial score (nSPS) is 23.3. The Bertz CT molecular complexity index is 783. The first-order chi connectivity index (χ1) is 12.4. The summed E-state index contributed by atoms with van der Waals surface area (Å²) in [7, 11) is 0. The molecule has 0 N–H and O–H groups in total. The van der Waals surface area contributed by atoms with E-state index in [4.69, 9.17) is 9.37 Å². The monoisotopic (exact) mass is 371 g/mol. The molecular weight excluding hydrogens is 355 g/mol. The number of rotatable bonds is 4. The van der Waals surface area contributed by atoms with Crippen molar-refractivity contribution in [3.05, 3.63) is 35.2 Å². The largest absolute Gasteiger partial charge is 0.573 e. The fraction of sp³-hybridized carbons (Fsp3) is 0.500. The van der Waals surface area contributed by atoms with Crippen LogP contribution in [-0.2, 0) is 11.3 Å². The van der Waals surface area contributed by atoms with Gasteiger partial charge in [0.05, 0.1) is 19.8 Å². The van der Waals surface area contributed by atoms with Crippen LogP contribution in [0.15, 0.2) is 28.9 Å². The molecule has 0 aliphatic carbocycles. The highest BCUT2D eigenvalue weighted by atomic mass is 19.4. The first kappa shape index (κ1) is 17.1. The van der Waals surface area contributed by atoms with E-state index < -0.39 is 12.1 Å². The van der Waals surface area contributed by atoms with Gasteiger partial charge in [-0.25, -0.2) is 0 Å². The first-order valence-corrected chi connectivity index (χ1v) is 8.14. The third-order valence-corrected chi connectivity index (χ3v) is 4.71. The summed E-state index contributed by atoms with van der Waals surface area (Å²) in [5, 5.41) is 15.8. The van der Waals surface area contributed by atoms with Crippen LogP contribution in [-0.4, -0.2) is 42.7 Å². The molecule has 7 nitrogen and oxygen atoms in total. The van der Waals surface area contributed by atoms with Crippen molar-refractivity contribution in [1.29, 1.82) is 0 Å². The topological polar surface area (TPSA) is 74.7 Å². The van der Waals surface area contributed by atoms with E-state index in [0.717, 1.165) is 32.4 Å². The summed E-state index contributed by atoms with van der Waals surface area (Å²) < 4.78 is 51.3. The molecule has 26 heavy (non-hydrogen) atoms. The SMILES string of the molecule is [O-][n+]1onc(CN2C[C@H]3COC[C@H]3C2)c1-c1cccc(OC(F)(F)F)c1. The standard InChI is InChI=1S/C16H16F3N3O4/c17-16(18,19)25-13-3-1-2-10(4-13)15-14(20-26-22(15)23)7-21-5-11-8-24-9-12(11)6-21/h1-4,11-12H,5-9H2/t11-,12+. The number of alkyl halides is 3. The predicted molar refractivity (Wildman–Crippen MR) is 80.7 cm³/mol.